The molecule has 1 saturated carbocycles. The third-order valence-corrected chi connectivity index (χ3v) is 6.21. The Morgan fingerprint density at radius 1 is 1.24 bits per heavy atom. The summed E-state index contributed by atoms with van der Waals surface area (Å²) in [4.78, 5) is 24.1. The van der Waals surface area contributed by atoms with Gasteiger partial charge >= 0.3 is 0 Å². The summed E-state index contributed by atoms with van der Waals surface area (Å²) in [6.45, 7) is 3.61. The van der Waals surface area contributed by atoms with Gasteiger partial charge in [-0.1, -0.05) is 25.7 Å². The van der Waals surface area contributed by atoms with Crippen LogP contribution in [0.25, 0.3) is 0 Å². The molecule has 1 aromatic heterocycles. The number of carbonyl (C=O) groups excluding carboxylic acids is 1. The van der Waals surface area contributed by atoms with Crippen LogP contribution in [0.4, 0.5) is 0 Å². The second-order valence-corrected chi connectivity index (χ2v) is 8.00. The number of amides is 1. The van der Waals surface area contributed by atoms with Crippen LogP contribution in [0, 0.1) is 5.92 Å². The number of nitrogens with zero attached hydrogens (tertiary/aromatic N) is 3. The van der Waals surface area contributed by atoms with Gasteiger partial charge in [0.25, 0.3) is 0 Å². The highest BCUT2D eigenvalue weighted by Crippen LogP contribution is 2.29. The minimum Gasteiger partial charge on any atom is -0.338 e. The molecule has 5 heteroatoms. The number of piperidine rings is 1. The van der Waals surface area contributed by atoms with Crippen LogP contribution in [-0.2, 0) is 17.8 Å². The molecule has 0 aromatic carbocycles. The Kier molecular flexibility index (Phi) is 5.30. The molecule has 1 atom stereocenters. The van der Waals surface area contributed by atoms with Crippen molar-refractivity contribution >= 4 is 5.91 Å². The Morgan fingerprint density at radius 2 is 2.12 bits per heavy atom. The Bertz CT molecular complexity index is 606. The Hall–Kier alpha value is -1.49. The lowest BCUT2D eigenvalue weighted by atomic mass is 9.97. The summed E-state index contributed by atoms with van der Waals surface area (Å²) in [6.07, 6.45) is 12.4. The zero-order valence-corrected chi connectivity index (χ0v) is 15.2. The Labute approximate surface area is 150 Å². The summed E-state index contributed by atoms with van der Waals surface area (Å²) >= 11 is 0. The summed E-state index contributed by atoms with van der Waals surface area (Å²) < 4.78 is 0. The molecule has 1 N–H and O–H groups in total. The van der Waals surface area contributed by atoms with Crippen LogP contribution in [0.5, 0.6) is 0 Å². The predicted molar refractivity (Wildman–Crippen MR) is 97.2 cm³/mol. The van der Waals surface area contributed by atoms with Gasteiger partial charge < -0.3 is 10.2 Å². The van der Waals surface area contributed by atoms with Gasteiger partial charge in [0.15, 0.2) is 0 Å². The van der Waals surface area contributed by atoms with Crippen LogP contribution < -0.4 is 5.32 Å². The smallest absolute Gasteiger partial charge is 0.222 e. The second-order valence-electron chi connectivity index (χ2n) is 8.00. The highest BCUT2D eigenvalue weighted by molar-refractivity contribution is 5.76. The van der Waals surface area contributed by atoms with Gasteiger partial charge in [0.1, 0.15) is 5.82 Å². The summed E-state index contributed by atoms with van der Waals surface area (Å²) in [6, 6.07) is 0. The molecule has 2 fully saturated rings. The van der Waals surface area contributed by atoms with Crippen molar-refractivity contribution in [3.63, 3.8) is 0 Å². The summed E-state index contributed by atoms with van der Waals surface area (Å²) in [5.74, 6) is 2.55. The van der Waals surface area contributed by atoms with Crippen LogP contribution in [0.2, 0.25) is 0 Å². The molecule has 4 rings (SSSR count). The molecular weight excluding hydrogens is 312 g/mol. The molecule has 1 saturated heterocycles. The molecule has 0 unspecified atom stereocenters. The summed E-state index contributed by atoms with van der Waals surface area (Å²) in [7, 11) is 0. The number of hydrogen-bond acceptors (Lipinski definition) is 4. The molecule has 136 valence electrons. The number of rotatable bonds is 4. The van der Waals surface area contributed by atoms with Crippen molar-refractivity contribution in [3.05, 3.63) is 23.3 Å². The van der Waals surface area contributed by atoms with E-state index >= 15 is 0 Å². The van der Waals surface area contributed by atoms with Gasteiger partial charge in [-0.15, -0.1) is 0 Å². The fourth-order valence-electron chi connectivity index (χ4n) is 4.60. The van der Waals surface area contributed by atoms with Crippen molar-refractivity contribution in [2.24, 2.45) is 5.92 Å². The fourth-order valence-corrected chi connectivity index (χ4v) is 4.60. The van der Waals surface area contributed by atoms with Crippen LogP contribution >= 0.6 is 0 Å². The lowest BCUT2D eigenvalue weighted by molar-refractivity contribution is -0.132. The topological polar surface area (TPSA) is 58.1 Å². The maximum Gasteiger partial charge on any atom is 0.222 e. The van der Waals surface area contributed by atoms with E-state index in [2.05, 4.69) is 10.3 Å². The summed E-state index contributed by atoms with van der Waals surface area (Å²) in [5.41, 5.74) is 2.31. The molecule has 0 spiro atoms. The number of fused-ring (bicyclic) bond motifs is 1. The predicted octanol–water partition coefficient (Wildman–Crippen LogP) is 2.80. The molecule has 3 heterocycles. The van der Waals surface area contributed by atoms with Crippen LogP contribution in [0.15, 0.2) is 6.20 Å². The third-order valence-electron chi connectivity index (χ3n) is 6.21. The van der Waals surface area contributed by atoms with E-state index in [0.29, 0.717) is 24.8 Å². The van der Waals surface area contributed by atoms with E-state index < -0.39 is 0 Å². The van der Waals surface area contributed by atoms with E-state index in [1.54, 1.807) is 0 Å². The number of carbonyl (C=O) groups is 1. The quantitative estimate of drug-likeness (QED) is 0.914. The van der Waals surface area contributed by atoms with Crippen LogP contribution in [0.1, 0.15) is 74.4 Å². The molecule has 25 heavy (non-hydrogen) atoms. The van der Waals surface area contributed by atoms with E-state index in [1.165, 1.54) is 38.5 Å². The first-order valence-corrected chi connectivity index (χ1v) is 10.1. The van der Waals surface area contributed by atoms with E-state index in [1.807, 2.05) is 11.1 Å². The van der Waals surface area contributed by atoms with E-state index in [-0.39, 0.29) is 0 Å². The maximum atomic E-state index is 12.6. The lowest BCUT2D eigenvalue weighted by Gasteiger charge is -2.29. The van der Waals surface area contributed by atoms with Crippen LogP contribution in [0.3, 0.4) is 0 Å². The fraction of sp³-hybridized carbons (Fsp3) is 0.750. The Balaban J connectivity index is 1.35. The van der Waals surface area contributed by atoms with Gasteiger partial charge in [-0.2, -0.15) is 0 Å². The SMILES string of the molecule is O=C(CCC1CCCC1)N1CCc2nc([C@@H]3CCCNC3)ncc2C1. The average molecular weight is 342 g/mol. The van der Waals surface area contributed by atoms with Gasteiger partial charge in [-0.25, -0.2) is 9.97 Å². The summed E-state index contributed by atoms with van der Waals surface area (Å²) in [5, 5.41) is 3.44. The molecule has 2 aliphatic heterocycles. The number of aromatic nitrogens is 2. The minimum absolute atomic E-state index is 0.318. The van der Waals surface area contributed by atoms with Crippen molar-refractivity contribution in [1.82, 2.24) is 20.2 Å². The highest BCUT2D eigenvalue weighted by Gasteiger charge is 2.25. The van der Waals surface area contributed by atoms with Gasteiger partial charge in [-0.05, 0) is 31.7 Å². The average Bonchev–Trinajstić information content (AvgIpc) is 3.19. The molecule has 1 aliphatic carbocycles. The minimum atomic E-state index is 0.318. The largest absolute Gasteiger partial charge is 0.338 e. The first-order chi connectivity index (χ1) is 12.3. The van der Waals surface area contributed by atoms with Gasteiger partial charge in [0, 0.05) is 50.2 Å². The van der Waals surface area contributed by atoms with Crippen molar-refractivity contribution in [2.45, 2.75) is 70.3 Å². The molecule has 0 bridgehead atoms. The van der Waals surface area contributed by atoms with Crippen LogP contribution in [-0.4, -0.2) is 40.4 Å². The number of hydrogen-bond donors (Lipinski definition) is 1. The highest BCUT2D eigenvalue weighted by atomic mass is 16.2. The van der Waals surface area contributed by atoms with E-state index in [0.717, 1.165) is 55.5 Å². The van der Waals surface area contributed by atoms with Gasteiger partial charge in [0.2, 0.25) is 5.91 Å². The van der Waals surface area contributed by atoms with E-state index in [9.17, 15) is 4.79 Å². The van der Waals surface area contributed by atoms with Gasteiger partial charge in [-0.3, -0.25) is 4.79 Å². The molecular formula is C20H30N4O. The number of nitrogens with one attached hydrogen (secondary N) is 1. The first-order valence-electron chi connectivity index (χ1n) is 10.1. The maximum absolute atomic E-state index is 12.6. The third kappa shape index (κ3) is 4.02. The standard InChI is InChI=1S/C20H30N4O/c25-19(8-7-15-4-1-2-5-15)24-11-9-18-17(14-24)13-22-20(23-18)16-6-3-10-21-12-16/h13,15-16,21H,1-12,14H2/t16-/m1/s1. The van der Waals surface area contributed by atoms with Crippen molar-refractivity contribution in [3.8, 4) is 0 Å². The van der Waals surface area contributed by atoms with Crippen molar-refractivity contribution < 1.29 is 4.79 Å². The molecule has 3 aliphatic rings. The zero-order chi connectivity index (χ0) is 17.1. The molecule has 1 amide bonds. The van der Waals surface area contributed by atoms with Gasteiger partial charge in [0.05, 0.1) is 5.69 Å². The Morgan fingerprint density at radius 3 is 2.92 bits per heavy atom. The molecule has 1 aromatic rings. The van der Waals surface area contributed by atoms with E-state index in [4.69, 9.17) is 4.98 Å². The van der Waals surface area contributed by atoms with Crippen molar-refractivity contribution in [2.75, 3.05) is 19.6 Å². The molecule has 5 nitrogen and oxygen atoms in total. The zero-order valence-electron chi connectivity index (χ0n) is 15.2. The normalized spacial score (nSPS) is 24.3. The van der Waals surface area contributed by atoms with Crippen molar-refractivity contribution in [1.29, 1.82) is 0 Å². The first kappa shape index (κ1) is 17.0. The lowest BCUT2D eigenvalue weighted by Crippen LogP contribution is -2.37. The molecule has 0 radical (unpaired) electrons. The monoisotopic (exact) mass is 342 g/mol. The second kappa shape index (κ2) is 7.81.